The maximum atomic E-state index is 13.1. The number of carbonyl (C=O) groups excluding carboxylic acids is 1. The second-order valence-electron chi connectivity index (χ2n) is 10.4. The lowest BCUT2D eigenvalue weighted by molar-refractivity contribution is -0.142. The average molecular weight is 415 g/mol. The van der Waals surface area contributed by atoms with Gasteiger partial charge in [-0.1, -0.05) is 30.3 Å². The van der Waals surface area contributed by atoms with Crippen LogP contribution in [0.1, 0.15) is 64.4 Å². The van der Waals surface area contributed by atoms with Gasteiger partial charge >= 0.3 is 12.1 Å². The van der Waals surface area contributed by atoms with E-state index in [2.05, 4.69) is 17.0 Å². The van der Waals surface area contributed by atoms with Gasteiger partial charge in [-0.05, 0) is 65.0 Å². The molecule has 1 N–H and O–H groups in total. The maximum absolute atomic E-state index is 13.1. The highest BCUT2D eigenvalue weighted by Crippen LogP contribution is 2.52. The first kappa shape index (κ1) is 21.2. The minimum atomic E-state index is -0.723. The Balaban J connectivity index is 1.47. The second kappa shape index (κ2) is 7.88. The van der Waals surface area contributed by atoms with Crippen LogP contribution in [0.2, 0.25) is 0 Å². The lowest BCUT2D eigenvalue weighted by Gasteiger charge is -2.33. The largest absolute Gasteiger partial charge is 0.480 e. The number of carboxylic acids is 1. The molecule has 3 atom stereocenters. The van der Waals surface area contributed by atoms with Crippen molar-refractivity contribution in [2.45, 2.75) is 76.5 Å². The Hall–Kier alpha value is -2.08. The first-order valence-electron chi connectivity index (χ1n) is 11.2. The van der Waals surface area contributed by atoms with Gasteiger partial charge in [0, 0.05) is 30.5 Å². The van der Waals surface area contributed by atoms with Gasteiger partial charge in [0.25, 0.3) is 0 Å². The Bertz CT molecular complexity index is 784. The van der Waals surface area contributed by atoms with E-state index < -0.39 is 11.6 Å². The summed E-state index contributed by atoms with van der Waals surface area (Å²) in [5, 5.41) is 9.53. The minimum Gasteiger partial charge on any atom is -0.480 e. The molecular weight excluding hydrogens is 380 g/mol. The number of ether oxygens (including phenoxy) is 1. The molecule has 4 rings (SSSR count). The molecule has 3 aliphatic rings. The standard InChI is InChI=1S/C24H34N2O4/c1-23(2,3)30-22(29)26(20-14-18(20)17-8-5-4-6-9-17)16-24(11-12-24)15-25-13-7-10-19(25)21(27)28/h4-6,8-9,18-20H,7,10-16H2,1-3H3,(H,27,28)/t18?,19-,20+/m1/s1. The molecule has 1 amide bonds. The van der Waals surface area contributed by atoms with Crippen molar-refractivity contribution in [2.24, 2.45) is 5.41 Å². The second-order valence-corrected chi connectivity index (χ2v) is 10.4. The van der Waals surface area contributed by atoms with E-state index in [9.17, 15) is 14.7 Å². The summed E-state index contributed by atoms with van der Waals surface area (Å²) < 4.78 is 5.77. The molecule has 1 saturated heterocycles. The molecule has 1 aliphatic heterocycles. The highest BCUT2D eigenvalue weighted by atomic mass is 16.6. The third-order valence-electron chi connectivity index (χ3n) is 6.66. The van der Waals surface area contributed by atoms with Crippen molar-refractivity contribution in [1.29, 1.82) is 0 Å². The number of nitrogens with zero attached hydrogens (tertiary/aromatic N) is 2. The van der Waals surface area contributed by atoms with Crippen LogP contribution in [0.15, 0.2) is 30.3 Å². The summed E-state index contributed by atoms with van der Waals surface area (Å²) in [7, 11) is 0. The Morgan fingerprint density at radius 3 is 2.53 bits per heavy atom. The number of hydrogen-bond acceptors (Lipinski definition) is 4. The van der Waals surface area contributed by atoms with Gasteiger partial charge in [-0.25, -0.2) is 4.79 Å². The van der Waals surface area contributed by atoms with Gasteiger partial charge in [0.1, 0.15) is 11.6 Å². The number of aliphatic carboxylic acids is 1. The third-order valence-corrected chi connectivity index (χ3v) is 6.66. The fraction of sp³-hybridized carbons (Fsp3) is 0.667. The zero-order chi connectivity index (χ0) is 21.5. The van der Waals surface area contributed by atoms with Crippen LogP contribution in [0.3, 0.4) is 0 Å². The van der Waals surface area contributed by atoms with E-state index in [0.717, 1.165) is 45.2 Å². The van der Waals surface area contributed by atoms with Crippen molar-refractivity contribution in [1.82, 2.24) is 9.80 Å². The number of rotatable bonds is 7. The van der Waals surface area contributed by atoms with Crippen LogP contribution in [0.5, 0.6) is 0 Å². The number of benzene rings is 1. The zero-order valence-electron chi connectivity index (χ0n) is 18.3. The van der Waals surface area contributed by atoms with Gasteiger partial charge in [0.05, 0.1) is 0 Å². The Morgan fingerprint density at radius 1 is 1.23 bits per heavy atom. The van der Waals surface area contributed by atoms with Crippen molar-refractivity contribution in [2.75, 3.05) is 19.6 Å². The highest BCUT2D eigenvalue weighted by molar-refractivity contribution is 5.73. The molecule has 1 aromatic carbocycles. The van der Waals surface area contributed by atoms with Gasteiger partial charge < -0.3 is 14.7 Å². The molecule has 0 aromatic heterocycles. The number of carbonyl (C=O) groups is 2. The minimum absolute atomic E-state index is 0.00122. The van der Waals surface area contributed by atoms with Gasteiger partial charge in [0.15, 0.2) is 0 Å². The first-order valence-corrected chi connectivity index (χ1v) is 11.2. The van der Waals surface area contributed by atoms with Crippen LogP contribution < -0.4 is 0 Å². The predicted molar refractivity (Wildman–Crippen MR) is 114 cm³/mol. The smallest absolute Gasteiger partial charge is 0.410 e. The van der Waals surface area contributed by atoms with Crippen LogP contribution >= 0.6 is 0 Å². The van der Waals surface area contributed by atoms with Crippen LogP contribution in [-0.2, 0) is 9.53 Å². The van der Waals surface area contributed by atoms with Crippen LogP contribution in [0.25, 0.3) is 0 Å². The van der Waals surface area contributed by atoms with E-state index in [1.165, 1.54) is 5.56 Å². The lowest BCUT2D eigenvalue weighted by Crippen LogP contribution is -2.46. The maximum Gasteiger partial charge on any atom is 0.410 e. The van der Waals surface area contributed by atoms with Gasteiger partial charge in [-0.2, -0.15) is 0 Å². The molecule has 2 aliphatic carbocycles. The van der Waals surface area contributed by atoms with Crippen LogP contribution in [-0.4, -0.2) is 64.3 Å². The Morgan fingerprint density at radius 2 is 1.93 bits per heavy atom. The first-order chi connectivity index (χ1) is 14.2. The quantitative estimate of drug-likeness (QED) is 0.727. The summed E-state index contributed by atoms with van der Waals surface area (Å²) in [5.41, 5.74) is 0.733. The zero-order valence-corrected chi connectivity index (χ0v) is 18.3. The molecule has 1 aromatic rings. The van der Waals surface area contributed by atoms with E-state index in [1.54, 1.807) is 0 Å². The molecule has 1 unspecified atom stereocenters. The van der Waals surface area contributed by atoms with Crippen LogP contribution in [0, 0.1) is 5.41 Å². The Kier molecular flexibility index (Phi) is 5.56. The summed E-state index contributed by atoms with van der Waals surface area (Å²) in [5.74, 6) is -0.369. The monoisotopic (exact) mass is 414 g/mol. The molecule has 164 valence electrons. The summed E-state index contributed by atoms with van der Waals surface area (Å²) in [4.78, 5) is 28.8. The predicted octanol–water partition coefficient (Wildman–Crippen LogP) is 4.11. The average Bonchev–Trinajstić information content (AvgIpc) is 3.56. The van der Waals surface area contributed by atoms with Crippen molar-refractivity contribution in [3.8, 4) is 0 Å². The molecular formula is C24H34N2O4. The SMILES string of the molecule is CC(C)(C)OC(=O)N(CC1(CN2CCC[C@@H]2C(=O)O)CC1)[C@H]1CC1c1ccccc1. The third kappa shape index (κ3) is 4.80. The molecule has 0 radical (unpaired) electrons. The molecule has 3 fully saturated rings. The highest BCUT2D eigenvalue weighted by Gasteiger charge is 2.53. The molecule has 0 spiro atoms. The number of carboxylic acid groups (broad SMARTS) is 1. The normalized spacial score (nSPS) is 27.5. The molecule has 0 bridgehead atoms. The van der Waals surface area contributed by atoms with Crippen LogP contribution in [0.4, 0.5) is 4.79 Å². The van der Waals surface area contributed by atoms with E-state index in [0.29, 0.717) is 12.5 Å². The molecule has 6 heteroatoms. The van der Waals surface area contributed by atoms with E-state index in [1.807, 2.05) is 43.9 Å². The van der Waals surface area contributed by atoms with Gasteiger partial charge in [0.2, 0.25) is 0 Å². The topological polar surface area (TPSA) is 70.1 Å². The number of likely N-dealkylation sites (tertiary alicyclic amines) is 1. The summed E-state index contributed by atoms with van der Waals surface area (Å²) in [6, 6.07) is 10.2. The van der Waals surface area contributed by atoms with E-state index >= 15 is 0 Å². The van der Waals surface area contributed by atoms with Gasteiger partial charge in [-0.15, -0.1) is 0 Å². The number of hydrogen-bond donors (Lipinski definition) is 1. The number of amides is 1. The van der Waals surface area contributed by atoms with Gasteiger partial charge in [-0.3, -0.25) is 9.69 Å². The summed E-state index contributed by atoms with van der Waals surface area (Å²) in [6.45, 7) is 7.95. The van der Waals surface area contributed by atoms with E-state index in [-0.39, 0.29) is 23.6 Å². The van der Waals surface area contributed by atoms with Crippen molar-refractivity contribution < 1.29 is 19.4 Å². The Labute approximate surface area is 179 Å². The van der Waals surface area contributed by atoms with Crippen molar-refractivity contribution in [3.63, 3.8) is 0 Å². The molecule has 2 saturated carbocycles. The molecule has 30 heavy (non-hydrogen) atoms. The summed E-state index contributed by atoms with van der Waals surface area (Å²) >= 11 is 0. The van der Waals surface area contributed by atoms with Crippen molar-refractivity contribution >= 4 is 12.1 Å². The summed E-state index contributed by atoms with van der Waals surface area (Å²) in [6.07, 6.45) is 4.45. The molecule has 6 nitrogen and oxygen atoms in total. The fourth-order valence-corrected chi connectivity index (χ4v) is 4.85. The van der Waals surface area contributed by atoms with Crippen molar-refractivity contribution in [3.05, 3.63) is 35.9 Å². The lowest BCUT2D eigenvalue weighted by atomic mass is 10.0. The van der Waals surface area contributed by atoms with E-state index in [4.69, 9.17) is 4.74 Å². The fourth-order valence-electron chi connectivity index (χ4n) is 4.85. The molecule has 1 heterocycles.